The molecule has 1 aliphatic rings. The first-order chi connectivity index (χ1) is 13.6. The van der Waals surface area contributed by atoms with Crippen LogP contribution in [0.4, 0.5) is 4.39 Å². The van der Waals surface area contributed by atoms with Crippen LogP contribution < -0.4 is 9.47 Å². The van der Waals surface area contributed by atoms with Crippen molar-refractivity contribution in [1.29, 1.82) is 0 Å². The van der Waals surface area contributed by atoms with E-state index in [2.05, 4.69) is 26.9 Å². The van der Waals surface area contributed by atoms with Crippen molar-refractivity contribution in [3.63, 3.8) is 0 Å². The van der Waals surface area contributed by atoms with Gasteiger partial charge in [-0.15, -0.1) is 0 Å². The van der Waals surface area contributed by atoms with E-state index >= 15 is 0 Å². The fraction of sp³-hybridized carbons (Fsp3) is 0.400. The zero-order valence-corrected chi connectivity index (χ0v) is 16.1. The number of rotatable bonds is 6. The Bertz CT molecular complexity index is 953. The summed E-state index contributed by atoms with van der Waals surface area (Å²) in [5, 5.41) is 4.23. The van der Waals surface area contributed by atoms with Gasteiger partial charge in [0, 0.05) is 38.3 Å². The van der Waals surface area contributed by atoms with Crippen molar-refractivity contribution < 1.29 is 13.9 Å². The minimum atomic E-state index is -0.438. The molecule has 2 aromatic heterocycles. The second-order valence-electron chi connectivity index (χ2n) is 7.00. The van der Waals surface area contributed by atoms with Crippen molar-refractivity contribution in [1.82, 2.24) is 24.4 Å². The Balaban J connectivity index is 1.48. The van der Waals surface area contributed by atoms with Gasteiger partial charge in [0.2, 0.25) is 5.88 Å². The number of benzene rings is 1. The van der Waals surface area contributed by atoms with E-state index in [1.54, 1.807) is 22.7 Å². The molecule has 3 aromatic rings. The van der Waals surface area contributed by atoms with Crippen molar-refractivity contribution >= 4 is 5.52 Å². The number of halogens is 1. The van der Waals surface area contributed by atoms with Crippen LogP contribution in [0, 0.1) is 12.7 Å². The number of aryl methyl sites for hydroxylation is 1. The SMILES string of the molecule is Cc1c(OCCN2CCN(C)CC2)cn2ncnc(Oc3ccccc3F)c12. The summed E-state index contributed by atoms with van der Waals surface area (Å²) in [7, 11) is 2.14. The van der Waals surface area contributed by atoms with Crippen LogP contribution in [0.3, 0.4) is 0 Å². The molecule has 28 heavy (non-hydrogen) atoms. The molecule has 0 amide bonds. The van der Waals surface area contributed by atoms with Crippen molar-refractivity contribution in [3.05, 3.63) is 48.2 Å². The Morgan fingerprint density at radius 2 is 1.89 bits per heavy atom. The molecular formula is C20H24FN5O2. The molecule has 1 saturated heterocycles. The van der Waals surface area contributed by atoms with Crippen LogP contribution in [-0.4, -0.2) is 70.8 Å². The minimum Gasteiger partial charge on any atom is -0.490 e. The van der Waals surface area contributed by atoms with E-state index in [0.717, 1.165) is 44.0 Å². The van der Waals surface area contributed by atoms with Gasteiger partial charge in [-0.3, -0.25) is 4.90 Å². The normalized spacial score (nSPS) is 15.8. The number of hydrogen-bond acceptors (Lipinski definition) is 6. The van der Waals surface area contributed by atoms with Crippen molar-refractivity contribution in [2.45, 2.75) is 6.92 Å². The van der Waals surface area contributed by atoms with Gasteiger partial charge in [0.05, 0.1) is 6.20 Å². The number of piperazine rings is 1. The van der Waals surface area contributed by atoms with E-state index in [-0.39, 0.29) is 5.75 Å². The highest BCUT2D eigenvalue weighted by molar-refractivity contribution is 5.67. The summed E-state index contributed by atoms with van der Waals surface area (Å²) in [6.45, 7) is 7.69. The van der Waals surface area contributed by atoms with Crippen molar-refractivity contribution in [2.24, 2.45) is 0 Å². The number of likely N-dealkylation sites (N-methyl/N-ethyl adjacent to an activating group) is 1. The lowest BCUT2D eigenvalue weighted by molar-refractivity contribution is 0.133. The molecule has 0 radical (unpaired) electrons. The Labute approximate surface area is 163 Å². The Hall–Kier alpha value is -2.71. The first kappa shape index (κ1) is 18.6. The second kappa shape index (κ2) is 8.12. The molecule has 1 aliphatic heterocycles. The third-order valence-electron chi connectivity index (χ3n) is 5.05. The summed E-state index contributed by atoms with van der Waals surface area (Å²) in [6.07, 6.45) is 3.20. The van der Waals surface area contributed by atoms with E-state index < -0.39 is 5.82 Å². The van der Waals surface area contributed by atoms with Gasteiger partial charge in [0.25, 0.3) is 0 Å². The van der Waals surface area contributed by atoms with E-state index in [0.29, 0.717) is 18.0 Å². The number of fused-ring (bicyclic) bond motifs is 1. The maximum atomic E-state index is 13.9. The summed E-state index contributed by atoms with van der Waals surface area (Å²) >= 11 is 0. The minimum absolute atomic E-state index is 0.126. The van der Waals surface area contributed by atoms with Gasteiger partial charge in [-0.1, -0.05) is 12.1 Å². The molecule has 4 rings (SSSR count). The van der Waals surface area contributed by atoms with Crippen LogP contribution >= 0.6 is 0 Å². The van der Waals surface area contributed by atoms with Gasteiger partial charge >= 0.3 is 0 Å². The van der Waals surface area contributed by atoms with Crippen molar-refractivity contribution in [2.75, 3.05) is 46.4 Å². The molecule has 3 heterocycles. The molecular weight excluding hydrogens is 361 g/mol. The third-order valence-corrected chi connectivity index (χ3v) is 5.05. The molecule has 148 valence electrons. The highest BCUT2D eigenvalue weighted by Gasteiger charge is 2.17. The monoisotopic (exact) mass is 385 g/mol. The number of nitrogens with zero attached hydrogens (tertiary/aromatic N) is 5. The predicted molar refractivity (Wildman–Crippen MR) is 104 cm³/mol. The lowest BCUT2D eigenvalue weighted by Crippen LogP contribution is -2.45. The predicted octanol–water partition coefficient (Wildman–Crippen LogP) is 2.60. The first-order valence-electron chi connectivity index (χ1n) is 9.41. The summed E-state index contributed by atoms with van der Waals surface area (Å²) in [5.41, 5.74) is 1.53. The largest absolute Gasteiger partial charge is 0.490 e. The van der Waals surface area contributed by atoms with Crippen LogP contribution in [0.1, 0.15) is 5.56 Å². The van der Waals surface area contributed by atoms with Crippen LogP contribution in [0.25, 0.3) is 5.52 Å². The third kappa shape index (κ3) is 3.93. The average molecular weight is 385 g/mol. The second-order valence-corrected chi connectivity index (χ2v) is 7.00. The average Bonchev–Trinajstić information content (AvgIpc) is 3.02. The fourth-order valence-corrected chi connectivity index (χ4v) is 3.31. The number of para-hydroxylation sites is 1. The van der Waals surface area contributed by atoms with E-state index in [1.807, 2.05) is 13.1 Å². The van der Waals surface area contributed by atoms with Gasteiger partial charge in [0.1, 0.15) is 24.2 Å². The van der Waals surface area contributed by atoms with E-state index in [9.17, 15) is 4.39 Å². The molecule has 0 atom stereocenters. The Kier molecular flexibility index (Phi) is 5.40. The molecule has 0 unspecified atom stereocenters. The molecule has 7 nitrogen and oxygen atoms in total. The zero-order valence-electron chi connectivity index (χ0n) is 16.1. The molecule has 8 heteroatoms. The molecule has 1 fully saturated rings. The molecule has 0 aliphatic carbocycles. The molecule has 0 N–H and O–H groups in total. The lowest BCUT2D eigenvalue weighted by atomic mass is 10.3. The summed E-state index contributed by atoms with van der Waals surface area (Å²) in [5.74, 6) is 0.716. The van der Waals surface area contributed by atoms with Gasteiger partial charge in [-0.2, -0.15) is 10.1 Å². The summed E-state index contributed by atoms with van der Waals surface area (Å²) in [4.78, 5) is 8.92. The highest BCUT2D eigenvalue weighted by atomic mass is 19.1. The smallest absolute Gasteiger partial charge is 0.247 e. The summed E-state index contributed by atoms with van der Waals surface area (Å²) in [6, 6.07) is 6.26. The van der Waals surface area contributed by atoms with Crippen LogP contribution in [0.5, 0.6) is 17.4 Å². The van der Waals surface area contributed by atoms with E-state index in [1.165, 1.54) is 12.4 Å². The topological polar surface area (TPSA) is 55.1 Å². The maximum Gasteiger partial charge on any atom is 0.247 e. The van der Waals surface area contributed by atoms with Crippen molar-refractivity contribution in [3.8, 4) is 17.4 Å². The fourth-order valence-electron chi connectivity index (χ4n) is 3.31. The number of hydrogen-bond donors (Lipinski definition) is 0. The van der Waals surface area contributed by atoms with Gasteiger partial charge in [-0.05, 0) is 26.1 Å². The maximum absolute atomic E-state index is 13.9. The number of ether oxygens (including phenoxy) is 2. The lowest BCUT2D eigenvalue weighted by Gasteiger charge is -2.32. The van der Waals surface area contributed by atoms with Gasteiger partial charge in [0.15, 0.2) is 11.6 Å². The molecule has 0 spiro atoms. The summed E-state index contributed by atoms with van der Waals surface area (Å²) < 4.78 is 27.3. The molecule has 1 aromatic carbocycles. The van der Waals surface area contributed by atoms with Crippen LogP contribution in [0.15, 0.2) is 36.8 Å². The van der Waals surface area contributed by atoms with E-state index in [4.69, 9.17) is 9.47 Å². The van der Waals surface area contributed by atoms with Gasteiger partial charge in [-0.25, -0.2) is 8.91 Å². The molecule has 0 bridgehead atoms. The Morgan fingerprint density at radius 3 is 2.68 bits per heavy atom. The first-order valence-corrected chi connectivity index (χ1v) is 9.41. The standard InChI is InChI=1S/C20H24FN5O2/c1-15-18(27-12-11-25-9-7-24(2)8-10-25)13-26-19(15)20(22-14-23-26)28-17-6-4-3-5-16(17)21/h3-6,13-14H,7-12H2,1-2H3. The molecule has 0 saturated carbocycles. The van der Waals surface area contributed by atoms with Crippen LogP contribution in [-0.2, 0) is 0 Å². The highest BCUT2D eigenvalue weighted by Crippen LogP contribution is 2.32. The zero-order chi connectivity index (χ0) is 19.5. The quantitative estimate of drug-likeness (QED) is 0.650. The number of aromatic nitrogens is 3. The van der Waals surface area contributed by atoms with Crippen LogP contribution in [0.2, 0.25) is 0 Å². The van der Waals surface area contributed by atoms with Gasteiger partial charge < -0.3 is 14.4 Å². The Morgan fingerprint density at radius 1 is 1.11 bits per heavy atom.